The maximum Gasteiger partial charge on any atom is 0.332 e. The first-order valence-corrected chi connectivity index (χ1v) is 9.08. The molecule has 29 heavy (non-hydrogen) atoms. The van der Waals surface area contributed by atoms with Crippen molar-refractivity contribution in [3.63, 3.8) is 0 Å². The number of benzene rings is 2. The van der Waals surface area contributed by atoms with Crippen LogP contribution in [0.2, 0.25) is 0 Å². The fourth-order valence-electron chi connectivity index (χ4n) is 3.17. The molecular weight excluding hydrogens is 374 g/mol. The second-order valence-electron chi connectivity index (χ2n) is 6.71. The lowest BCUT2D eigenvalue weighted by Crippen LogP contribution is -2.39. The van der Waals surface area contributed by atoms with Crippen LogP contribution in [-0.2, 0) is 9.59 Å². The predicted octanol–water partition coefficient (Wildman–Crippen LogP) is 2.81. The summed E-state index contributed by atoms with van der Waals surface area (Å²) >= 11 is 0. The van der Waals surface area contributed by atoms with Crippen molar-refractivity contribution in [3.05, 3.63) is 48.0 Å². The van der Waals surface area contributed by atoms with Crippen LogP contribution >= 0.6 is 0 Å². The van der Waals surface area contributed by atoms with Crippen LogP contribution in [0.1, 0.15) is 12.5 Å². The van der Waals surface area contributed by atoms with Crippen LogP contribution in [0.15, 0.2) is 42.5 Å². The highest BCUT2D eigenvalue weighted by Crippen LogP contribution is 2.30. The van der Waals surface area contributed by atoms with Gasteiger partial charge < -0.3 is 14.8 Å². The first-order valence-electron chi connectivity index (χ1n) is 9.08. The summed E-state index contributed by atoms with van der Waals surface area (Å²) in [7, 11) is 3.01. The van der Waals surface area contributed by atoms with E-state index in [1.165, 1.54) is 19.1 Å². The van der Waals surface area contributed by atoms with Crippen molar-refractivity contribution in [2.45, 2.75) is 19.9 Å². The normalized spacial score (nSPS) is 16.2. The molecule has 3 rings (SSSR count). The Bertz CT molecular complexity index is 942. The van der Waals surface area contributed by atoms with E-state index in [0.717, 1.165) is 10.5 Å². The average Bonchev–Trinajstić information content (AvgIpc) is 2.92. The molecule has 1 atom stereocenters. The molecule has 1 saturated heterocycles. The maximum absolute atomic E-state index is 12.8. The van der Waals surface area contributed by atoms with Crippen molar-refractivity contribution in [2.24, 2.45) is 0 Å². The highest BCUT2D eigenvalue weighted by molar-refractivity contribution is 6.16. The van der Waals surface area contributed by atoms with Crippen molar-refractivity contribution in [3.8, 4) is 11.5 Å². The van der Waals surface area contributed by atoms with Crippen LogP contribution in [0.4, 0.5) is 16.2 Å². The van der Waals surface area contributed by atoms with Crippen molar-refractivity contribution in [1.29, 1.82) is 0 Å². The van der Waals surface area contributed by atoms with E-state index in [1.807, 2.05) is 19.1 Å². The zero-order chi connectivity index (χ0) is 21.1. The lowest BCUT2D eigenvalue weighted by atomic mass is 10.2. The lowest BCUT2D eigenvalue weighted by molar-refractivity contribution is -0.130. The predicted molar refractivity (Wildman–Crippen MR) is 108 cm³/mol. The maximum atomic E-state index is 12.8. The number of hydrogen-bond acceptors (Lipinski definition) is 5. The van der Waals surface area contributed by atoms with Gasteiger partial charge in [-0.05, 0) is 38.1 Å². The van der Waals surface area contributed by atoms with Gasteiger partial charge in [-0.25, -0.2) is 4.79 Å². The second kappa shape index (κ2) is 8.22. The smallest absolute Gasteiger partial charge is 0.332 e. The Kier molecular flexibility index (Phi) is 5.72. The average molecular weight is 397 g/mol. The third kappa shape index (κ3) is 4.01. The van der Waals surface area contributed by atoms with E-state index in [-0.39, 0.29) is 6.54 Å². The Balaban J connectivity index is 1.72. The molecule has 1 aliphatic heterocycles. The lowest BCUT2D eigenvalue weighted by Gasteiger charge is -2.19. The SMILES string of the molecule is COc1ccc(NC(=O)CN2C(=O)[C@H](C)N(c3ccc(C)cc3)C2=O)cc1OC. The Morgan fingerprint density at radius 3 is 2.31 bits per heavy atom. The largest absolute Gasteiger partial charge is 0.493 e. The topological polar surface area (TPSA) is 88.2 Å². The highest BCUT2D eigenvalue weighted by Gasteiger charge is 2.44. The molecule has 1 fully saturated rings. The Morgan fingerprint density at radius 2 is 1.69 bits per heavy atom. The van der Waals surface area contributed by atoms with Crippen LogP contribution in [0.3, 0.4) is 0 Å². The molecule has 0 radical (unpaired) electrons. The third-order valence-corrected chi connectivity index (χ3v) is 4.73. The van der Waals surface area contributed by atoms with Crippen molar-refractivity contribution >= 4 is 29.2 Å². The number of imide groups is 1. The summed E-state index contributed by atoms with van der Waals surface area (Å²) in [5, 5.41) is 2.67. The molecule has 1 aliphatic rings. The minimum atomic E-state index is -0.681. The Morgan fingerprint density at radius 1 is 1.03 bits per heavy atom. The van der Waals surface area contributed by atoms with Gasteiger partial charge in [0.15, 0.2) is 11.5 Å². The van der Waals surface area contributed by atoms with Gasteiger partial charge in [0.25, 0.3) is 5.91 Å². The van der Waals surface area contributed by atoms with E-state index in [4.69, 9.17) is 9.47 Å². The highest BCUT2D eigenvalue weighted by atomic mass is 16.5. The molecule has 8 nitrogen and oxygen atoms in total. The molecule has 2 aromatic carbocycles. The number of aryl methyl sites for hydroxylation is 1. The van der Waals surface area contributed by atoms with Gasteiger partial charge in [-0.1, -0.05) is 17.7 Å². The van der Waals surface area contributed by atoms with Gasteiger partial charge in [0.05, 0.1) is 14.2 Å². The number of amides is 4. The van der Waals surface area contributed by atoms with Gasteiger partial charge in [-0.3, -0.25) is 19.4 Å². The van der Waals surface area contributed by atoms with Crippen molar-refractivity contribution < 1.29 is 23.9 Å². The van der Waals surface area contributed by atoms with E-state index >= 15 is 0 Å². The van der Waals surface area contributed by atoms with E-state index in [9.17, 15) is 14.4 Å². The molecule has 0 bridgehead atoms. The molecule has 0 aromatic heterocycles. The minimum Gasteiger partial charge on any atom is -0.493 e. The van der Waals surface area contributed by atoms with Crippen molar-refractivity contribution in [2.75, 3.05) is 31.0 Å². The number of rotatable bonds is 6. The minimum absolute atomic E-state index is 0.376. The molecule has 152 valence electrons. The first-order chi connectivity index (χ1) is 13.8. The van der Waals surface area contributed by atoms with Gasteiger partial charge in [-0.15, -0.1) is 0 Å². The molecule has 2 aromatic rings. The van der Waals surface area contributed by atoms with E-state index in [0.29, 0.717) is 22.9 Å². The molecule has 1 N–H and O–H groups in total. The summed E-state index contributed by atoms with van der Waals surface area (Å²) in [6, 6.07) is 11.0. The number of nitrogens with zero attached hydrogens (tertiary/aromatic N) is 2. The molecular formula is C21H23N3O5. The number of carbonyl (C=O) groups is 3. The summed E-state index contributed by atoms with van der Waals surface area (Å²) in [5.74, 6) is 0.0747. The number of methoxy groups -OCH3 is 2. The first kappa shape index (κ1) is 20.2. The van der Waals surface area contributed by atoms with Gasteiger partial charge in [0, 0.05) is 17.4 Å². The molecule has 0 spiro atoms. The van der Waals surface area contributed by atoms with Crippen LogP contribution in [0.25, 0.3) is 0 Å². The molecule has 1 heterocycles. The number of hydrogen-bond donors (Lipinski definition) is 1. The molecule has 4 amide bonds. The second-order valence-corrected chi connectivity index (χ2v) is 6.71. The third-order valence-electron chi connectivity index (χ3n) is 4.73. The van der Waals surface area contributed by atoms with Crippen LogP contribution < -0.4 is 19.7 Å². The van der Waals surface area contributed by atoms with Crippen LogP contribution in [0.5, 0.6) is 11.5 Å². The molecule has 8 heteroatoms. The number of urea groups is 1. The van der Waals surface area contributed by atoms with E-state index < -0.39 is 23.9 Å². The van der Waals surface area contributed by atoms with E-state index in [1.54, 1.807) is 37.3 Å². The standard InChI is InChI=1S/C21H23N3O5/c1-13-5-8-16(9-6-13)24-14(2)20(26)23(21(24)27)12-19(25)22-15-7-10-17(28-3)18(11-15)29-4/h5-11,14H,12H2,1-4H3,(H,22,25)/t14-/m0/s1. The summed E-state index contributed by atoms with van der Waals surface area (Å²) in [6.07, 6.45) is 0. The molecule has 0 aliphatic carbocycles. The summed E-state index contributed by atoms with van der Waals surface area (Å²) in [6.45, 7) is 3.21. The fraction of sp³-hybridized carbons (Fsp3) is 0.286. The number of ether oxygens (including phenoxy) is 2. The molecule has 0 saturated carbocycles. The van der Waals surface area contributed by atoms with Gasteiger partial charge in [0.2, 0.25) is 5.91 Å². The van der Waals surface area contributed by atoms with Gasteiger partial charge in [0.1, 0.15) is 12.6 Å². The van der Waals surface area contributed by atoms with Gasteiger partial charge >= 0.3 is 6.03 Å². The summed E-state index contributed by atoms with van der Waals surface area (Å²) in [5.41, 5.74) is 2.13. The molecule has 0 unspecified atom stereocenters. The zero-order valence-electron chi connectivity index (χ0n) is 16.8. The Hall–Kier alpha value is -3.55. The van der Waals surface area contributed by atoms with Crippen LogP contribution in [-0.4, -0.2) is 49.6 Å². The quantitative estimate of drug-likeness (QED) is 0.758. The number of anilines is 2. The monoisotopic (exact) mass is 397 g/mol. The van der Waals surface area contributed by atoms with Crippen molar-refractivity contribution in [1.82, 2.24) is 4.90 Å². The Labute approximate surface area is 169 Å². The zero-order valence-corrected chi connectivity index (χ0v) is 16.8. The van der Waals surface area contributed by atoms with Crippen LogP contribution in [0, 0.1) is 6.92 Å². The summed E-state index contributed by atoms with van der Waals surface area (Å²) in [4.78, 5) is 40.2. The number of nitrogens with one attached hydrogen (secondary N) is 1. The van der Waals surface area contributed by atoms with Gasteiger partial charge in [-0.2, -0.15) is 0 Å². The number of carbonyl (C=O) groups excluding carboxylic acids is 3. The summed E-state index contributed by atoms with van der Waals surface area (Å²) < 4.78 is 10.4. The van der Waals surface area contributed by atoms with E-state index in [2.05, 4.69) is 5.32 Å². The fourth-order valence-corrected chi connectivity index (χ4v) is 3.17.